The summed E-state index contributed by atoms with van der Waals surface area (Å²) >= 11 is 0. The van der Waals surface area contributed by atoms with E-state index < -0.39 is 142 Å². The van der Waals surface area contributed by atoms with Crippen LogP contribution in [-0.2, 0) is 38.0 Å². The monoisotopic (exact) mass is 674 g/mol. The summed E-state index contributed by atoms with van der Waals surface area (Å²) in [6, 6.07) is -2.96. The SMILES string of the molecule is CC(=O)N[C@H]1[C@@H](O[C@H]2[C@H](O)[C@@H](CO)O[C@@H](O[C@@H](CO)[C@H](C)O)[C@@H]2NC(C)=O)O[C@H](CO)[C@H](O)[C@@H]1O[C@@H]1O[C@H](CO)[C@H](O)[C@H](O)[C@H]1O. The van der Waals surface area contributed by atoms with E-state index in [1.165, 1.54) is 6.92 Å². The number of aliphatic hydroxyl groups is 10. The van der Waals surface area contributed by atoms with Crippen LogP contribution in [0.5, 0.6) is 0 Å². The van der Waals surface area contributed by atoms with Crippen LogP contribution in [0, 0.1) is 0 Å². The van der Waals surface area contributed by atoms with Crippen LogP contribution < -0.4 is 10.6 Å². The molecule has 20 heteroatoms. The summed E-state index contributed by atoms with van der Waals surface area (Å²) in [5, 5.41) is 107. The lowest BCUT2D eigenvalue weighted by Crippen LogP contribution is -2.71. The van der Waals surface area contributed by atoms with Crippen molar-refractivity contribution < 1.29 is 89.1 Å². The number of rotatable bonds is 13. The number of nitrogens with one attached hydrogen (secondary N) is 2. The van der Waals surface area contributed by atoms with Gasteiger partial charge >= 0.3 is 0 Å². The first-order valence-corrected chi connectivity index (χ1v) is 14.7. The van der Waals surface area contributed by atoms with Crippen LogP contribution in [0.25, 0.3) is 0 Å². The quantitative estimate of drug-likeness (QED) is 0.0863. The van der Waals surface area contributed by atoms with Gasteiger partial charge in [-0.1, -0.05) is 0 Å². The Balaban J connectivity index is 2.00. The Hall–Kier alpha value is -1.70. The summed E-state index contributed by atoms with van der Waals surface area (Å²) in [6.45, 7) is 0.385. The van der Waals surface area contributed by atoms with Crippen LogP contribution in [0.2, 0.25) is 0 Å². The van der Waals surface area contributed by atoms with Gasteiger partial charge in [0.05, 0.1) is 32.5 Å². The van der Waals surface area contributed by atoms with Crippen LogP contribution in [-0.4, -0.2) is 194 Å². The van der Waals surface area contributed by atoms with Crippen molar-refractivity contribution in [2.24, 2.45) is 0 Å². The first-order chi connectivity index (χ1) is 21.7. The fourth-order valence-corrected chi connectivity index (χ4v) is 5.44. The predicted octanol–water partition coefficient (Wildman–Crippen LogP) is -7.52. The van der Waals surface area contributed by atoms with Crippen molar-refractivity contribution in [3.63, 3.8) is 0 Å². The zero-order valence-electron chi connectivity index (χ0n) is 25.4. The number of aliphatic hydroxyl groups excluding tert-OH is 10. The molecule has 0 unspecified atom stereocenters. The summed E-state index contributed by atoms with van der Waals surface area (Å²) < 4.78 is 34.3. The molecule has 3 aliphatic heterocycles. The topological polar surface area (TPSA) is 316 Å². The van der Waals surface area contributed by atoms with Crippen molar-refractivity contribution in [2.75, 3.05) is 26.4 Å². The van der Waals surface area contributed by atoms with Crippen LogP contribution in [0.4, 0.5) is 0 Å². The number of carbonyl (C=O) groups is 2. The van der Waals surface area contributed by atoms with Crippen LogP contribution in [0.15, 0.2) is 0 Å². The molecule has 0 spiro atoms. The van der Waals surface area contributed by atoms with Crippen molar-refractivity contribution >= 4 is 11.8 Å². The van der Waals surface area contributed by atoms with Gasteiger partial charge in [0.2, 0.25) is 11.8 Å². The summed E-state index contributed by atoms with van der Waals surface area (Å²) in [6.07, 6.45) is -24.2. The molecule has 3 fully saturated rings. The Labute approximate surface area is 263 Å². The molecular formula is C26H46N2O18. The van der Waals surface area contributed by atoms with Gasteiger partial charge in [0.25, 0.3) is 0 Å². The van der Waals surface area contributed by atoms with Gasteiger partial charge < -0.3 is 90.1 Å². The Morgan fingerprint density at radius 2 is 1.07 bits per heavy atom. The minimum Gasteiger partial charge on any atom is -0.394 e. The third kappa shape index (κ3) is 8.85. The molecule has 12 N–H and O–H groups in total. The van der Waals surface area contributed by atoms with Gasteiger partial charge in [-0.2, -0.15) is 0 Å². The molecule has 0 aromatic heterocycles. The molecule has 3 saturated heterocycles. The number of amides is 2. The molecule has 3 rings (SSSR count). The van der Waals surface area contributed by atoms with E-state index in [4.69, 9.17) is 28.4 Å². The third-order valence-corrected chi connectivity index (χ3v) is 7.90. The molecule has 268 valence electrons. The second kappa shape index (κ2) is 17.1. The van der Waals surface area contributed by atoms with Crippen molar-refractivity contribution in [3.8, 4) is 0 Å². The number of carbonyl (C=O) groups excluding carboxylic acids is 2. The average molecular weight is 675 g/mol. The zero-order valence-corrected chi connectivity index (χ0v) is 25.4. The molecule has 0 aromatic carbocycles. The van der Waals surface area contributed by atoms with Gasteiger partial charge in [-0.05, 0) is 6.92 Å². The molecule has 0 bridgehead atoms. The highest BCUT2D eigenvalue weighted by Crippen LogP contribution is 2.33. The van der Waals surface area contributed by atoms with Crippen molar-refractivity contribution in [3.05, 3.63) is 0 Å². The van der Waals surface area contributed by atoms with Gasteiger partial charge in [-0.25, -0.2) is 0 Å². The maximum atomic E-state index is 12.3. The van der Waals surface area contributed by atoms with E-state index in [0.717, 1.165) is 13.8 Å². The minimum absolute atomic E-state index is 0.668. The van der Waals surface area contributed by atoms with Crippen molar-refractivity contribution in [1.29, 1.82) is 0 Å². The number of ether oxygens (including phenoxy) is 6. The molecule has 0 aliphatic carbocycles. The van der Waals surface area contributed by atoms with E-state index in [0.29, 0.717) is 0 Å². The third-order valence-electron chi connectivity index (χ3n) is 7.90. The first-order valence-electron chi connectivity index (χ1n) is 14.7. The Morgan fingerprint density at radius 3 is 1.50 bits per heavy atom. The Morgan fingerprint density at radius 1 is 0.652 bits per heavy atom. The van der Waals surface area contributed by atoms with Crippen LogP contribution in [0.1, 0.15) is 20.8 Å². The molecule has 20 nitrogen and oxygen atoms in total. The average Bonchev–Trinajstić information content (AvgIpc) is 3.00. The lowest BCUT2D eigenvalue weighted by molar-refractivity contribution is -0.360. The van der Waals surface area contributed by atoms with Gasteiger partial charge in [-0.15, -0.1) is 0 Å². The van der Waals surface area contributed by atoms with E-state index >= 15 is 0 Å². The van der Waals surface area contributed by atoms with Gasteiger partial charge in [0.15, 0.2) is 18.9 Å². The fraction of sp³-hybridized carbons (Fsp3) is 0.923. The Bertz CT molecular complexity index is 977. The van der Waals surface area contributed by atoms with Crippen LogP contribution >= 0.6 is 0 Å². The van der Waals surface area contributed by atoms with Crippen molar-refractivity contribution in [2.45, 2.75) is 125 Å². The molecule has 0 saturated carbocycles. The smallest absolute Gasteiger partial charge is 0.217 e. The molecule has 3 heterocycles. The van der Waals surface area contributed by atoms with E-state index in [9.17, 15) is 60.7 Å². The predicted molar refractivity (Wildman–Crippen MR) is 146 cm³/mol. The summed E-state index contributed by atoms with van der Waals surface area (Å²) in [5.74, 6) is -1.39. The second-order valence-electron chi connectivity index (χ2n) is 11.4. The zero-order chi connectivity index (χ0) is 34.5. The molecule has 2 amide bonds. The number of hydrogen-bond acceptors (Lipinski definition) is 18. The molecule has 0 radical (unpaired) electrons. The van der Waals surface area contributed by atoms with Crippen molar-refractivity contribution in [1.82, 2.24) is 10.6 Å². The van der Waals surface area contributed by atoms with E-state index in [2.05, 4.69) is 10.6 Å². The van der Waals surface area contributed by atoms with Crippen LogP contribution in [0.3, 0.4) is 0 Å². The van der Waals surface area contributed by atoms with E-state index in [1.54, 1.807) is 0 Å². The lowest BCUT2D eigenvalue weighted by Gasteiger charge is -2.50. The lowest BCUT2D eigenvalue weighted by atomic mass is 9.93. The largest absolute Gasteiger partial charge is 0.394 e. The molecule has 0 aromatic rings. The number of hydrogen-bond donors (Lipinski definition) is 12. The van der Waals surface area contributed by atoms with E-state index in [-0.39, 0.29) is 0 Å². The molecule has 46 heavy (non-hydrogen) atoms. The summed E-state index contributed by atoms with van der Waals surface area (Å²) in [7, 11) is 0. The second-order valence-corrected chi connectivity index (χ2v) is 11.4. The highest BCUT2D eigenvalue weighted by atomic mass is 16.7. The Kier molecular flexibility index (Phi) is 14.4. The normalized spacial score (nSPS) is 43.0. The van der Waals surface area contributed by atoms with E-state index in [1.807, 2.05) is 0 Å². The fourth-order valence-electron chi connectivity index (χ4n) is 5.44. The molecule has 3 aliphatic rings. The summed E-state index contributed by atoms with van der Waals surface area (Å²) in [4.78, 5) is 24.5. The maximum absolute atomic E-state index is 12.3. The standard InChI is InChI=1S/C26H46N2O18/c1-8(33)11(4-29)41-24-15(27-9(2)34)22(18(37)13(6-31)42-24)45-25-16(28-10(3)35)23(19(38)14(7-32)43-25)46-26-21(40)20(39)17(36)12(5-30)44-26/h8,11-26,29-33,36-40H,4-7H2,1-3H3,(H,27,34)(H,28,35)/t8-,11-,12+,13+,14+,15+,16+,17-,18+,19-,20-,21+,22+,23+,24+,25+,26-/m0/s1. The molecular weight excluding hydrogens is 628 g/mol. The minimum atomic E-state index is -1.92. The van der Waals surface area contributed by atoms with Gasteiger partial charge in [-0.3, -0.25) is 9.59 Å². The highest BCUT2D eigenvalue weighted by molar-refractivity contribution is 5.73. The highest BCUT2D eigenvalue weighted by Gasteiger charge is 2.55. The molecule has 17 atom stereocenters. The van der Waals surface area contributed by atoms with Gasteiger partial charge in [0.1, 0.15) is 79.2 Å². The first kappa shape index (κ1) is 38.7. The van der Waals surface area contributed by atoms with Gasteiger partial charge in [0, 0.05) is 13.8 Å². The summed E-state index contributed by atoms with van der Waals surface area (Å²) in [5.41, 5.74) is 0. The maximum Gasteiger partial charge on any atom is 0.217 e.